The van der Waals surface area contributed by atoms with Crippen molar-refractivity contribution in [2.24, 2.45) is 5.92 Å². The zero-order valence-corrected chi connectivity index (χ0v) is 16.1. The van der Waals surface area contributed by atoms with Crippen LogP contribution in [0.15, 0.2) is 54.6 Å². The number of benzene rings is 2. The molecular weight excluding hydrogens is 350 g/mol. The maximum atomic E-state index is 12.9. The summed E-state index contributed by atoms with van der Waals surface area (Å²) in [5, 5.41) is 6.18. The zero-order valence-electron chi connectivity index (χ0n) is 16.1. The molecule has 1 heterocycles. The predicted molar refractivity (Wildman–Crippen MR) is 110 cm³/mol. The van der Waals surface area contributed by atoms with Crippen molar-refractivity contribution in [1.29, 1.82) is 0 Å². The van der Waals surface area contributed by atoms with Crippen LogP contribution in [0.2, 0.25) is 0 Å². The Morgan fingerprint density at radius 1 is 0.929 bits per heavy atom. The lowest BCUT2D eigenvalue weighted by molar-refractivity contribution is -0.127. The number of amides is 3. The zero-order chi connectivity index (χ0) is 19.3. The minimum absolute atomic E-state index is 0.0684. The summed E-state index contributed by atoms with van der Waals surface area (Å²) >= 11 is 0. The number of anilines is 1. The summed E-state index contributed by atoms with van der Waals surface area (Å²) in [6.45, 7) is 1.16. The van der Waals surface area contributed by atoms with Gasteiger partial charge in [-0.3, -0.25) is 4.79 Å². The molecule has 3 amide bonds. The van der Waals surface area contributed by atoms with Crippen molar-refractivity contribution in [3.05, 3.63) is 65.7 Å². The summed E-state index contributed by atoms with van der Waals surface area (Å²) in [6.07, 6.45) is 4.84. The first-order valence-corrected chi connectivity index (χ1v) is 10.2. The molecule has 0 spiro atoms. The number of carbonyl (C=O) groups excluding carboxylic acids is 2. The average Bonchev–Trinajstić information content (AvgIpc) is 2.75. The van der Waals surface area contributed by atoms with E-state index in [-0.39, 0.29) is 23.9 Å². The van der Waals surface area contributed by atoms with Crippen LogP contribution >= 0.6 is 0 Å². The van der Waals surface area contributed by atoms with Crippen LogP contribution in [-0.2, 0) is 11.2 Å². The second kappa shape index (κ2) is 8.46. The normalized spacial score (nSPS) is 21.5. The molecule has 0 bridgehead atoms. The third-order valence-electron chi connectivity index (χ3n) is 5.79. The van der Waals surface area contributed by atoms with Gasteiger partial charge in [-0.15, -0.1) is 0 Å². The third kappa shape index (κ3) is 4.19. The molecule has 5 nitrogen and oxygen atoms in total. The second-order valence-electron chi connectivity index (χ2n) is 7.73. The Morgan fingerprint density at radius 3 is 2.57 bits per heavy atom. The van der Waals surface area contributed by atoms with E-state index in [1.165, 1.54) is 11.1 Å². The molecule has 1 saturated heterocycles. The molecule has 1 aliphatic heterocycles. The van der Waals surface area contributed by atoms with Gasteiger partial charge in [-0.05, 0) is 55.4 Å². The van der Waals surface area contributed by atoms with Crippen molar-refractivity contribution in [2.45, 2.75) is 38.1 Å². The van der Waals surface area contributed by atoms with E-state index in [4.69, 9.17) is 0 Å². The molecule has 2 N–H and O–H groups in total. The molecule has 2 atom stereocenters. The first-order chi connectivity index (χ1) is 13.7. The van der Waals surface area contributed by atoms with Crippen LogP contribution in [0.25, 0.3) is 0 Å². The number of likely N-dealkylation sites (tertiary alicyclic amines) is 1. The van der Waals surface area contributed by atoms with Gasteiger partial charge in [-0.2, -0.15) is 0 Å². The molecule has 0 radical (unpaired) electrons. The number of urea groups is 1. The molecule has 1 aliphatic carbocycles. The number of hydrogen-bond acceptors (Lipinski definition) is 2. The van der Waals surface area contributed by atoms with Crippen molar-refractivity contribution < 1.29 is 9.59 Å². The summed E-state index contributed by atoms with van der Waals surface area (Å²) in [5.74, 6) is -0.0803. The number of hydrogen-bond donors (Lipinski definition) is 2. The quantitative estimate of drug-likeness (QED) is 0.845. The van der Waals surface area contributed by atoms with Crippen LogP contribution in [0.1, 0.15) is 42.9 Å². The Balaban J connectivity index is 1.37. The Labute approximate surface area is 166 Å². The van der Waals surface area contributed by atoms with Gasteiger partial charge in [0.25, 0.3) is 0 Å². The molecular formula is C23H27N3O2. The minimum Gasteiger partial charge on any atom is -0.349 e. The number of nitrogens with one attached hydrogen (secondary N) is 2. The van der Waals surface area contributed by atoms with E-state index in [1.807, 2.05) is 36.4 Å². The van der Waals surface area contributed by atoms with Crippen molar-refractivity contribution in [3.8, 4) is 0 Å². The van der Waals surface area contributed by atoms with Crippen molar-refractivity contribution in [2.75, 3.05) is 18.4 Å². The van der Waals surface area contributed by atoms with E-state index in [0.717, 1.165) is 37.8 Å². The lowest BCUT2D eigenvalue weighted by Gasteiger charge is -2.34. The van der Waals surface area contributed by atoms with Crippen LogP contribution < -0.4 is 10.6 Å². The molecule has 0 saturated carbocycles. The number of aryl methyl sites for hydroxylation is 1. The topological polar surface area (TPSA) is 61.4 Å². The molecule has 146 valence electrons. The Kier molecular flexibility index (Phi) is 5.60. The maximum Gasteiger partial charge on any atom is 0.321 e. The van der Waals surface area contributed by atoms with Crippen molar-refractivity contribution >= 4 is 17.6 Å². The summed E-state index contributed by atoms with van der Waals surface area (Å²) in [4.78, 5) is 27.3. The highest BCUT2D eigenvalue weighted by molar-refractivity contribution is 5.90. The van der Waals surface area contributed by atoms with Gasteiger partial charge in [0, 0.05) is 18.8 Å². The summed E-state index contributed by atoms with van der Waals surface area (Å²) in [6, 6.07) is 17.8. The number of para-hydroxylation sites is 1. The van der Waals surface area contributed by atoms with Crippen LogP contribution in [0, 0.1) is 5.92 Å². The van der Waals surface area contributed by atoms with Gasteiger partial charge < -0.3 is 15.5 Å². The van der Waals surface area contributed by atoms with E-state index < -0.39 is 0 Å². The van der Waals surface area contributed by atoms with Crippen LogP contribution in [0.4, 0.5) is 10.5 Å². The van der Waals surface area contributed by atoms with E-state index in [9.17, 15) is 9.59 Å². The molecule has 0 unspecified atom stereocenters. The van der Waals surface area contributed by atoms with Crippen LogP contribution in [0.5, 0.6) is 0 Å². The molecule has 2 aromatic rings. The standard InChI is InChI=1S/C23H27N3O2/c27-22(25-21-14-6-9-17-8-4-5-13-20(17)21)18-10-7-15-26(16-18)23(28)24-19-11-2-1-3-12-19/h1-5,8,11-13,18,21H,6-7,9-10,14-16H2,(H,24,28)(H,25,27)/t18-,21+/m1/s1. The van der Waals surface area contributed by atoms with Crippen LogP contribution in [-0.4, -0.2) is 29.9 Å². The van der Waals surface area contributed by atoms with E-state index in [0.29, 0.717) is 13.1 Å². The highest BCUT2D eigenvalue weighted by atomic mass is 16.2. The van der Waals surface area contributed by atoms with Gasteiger partial charge >= 0.3 is 6.03 Å². The molecule has 1 fully saturated rings. The fourth-order valence-corrected chi connectivity index (χ4v) is 4.29. The second-order valence-corrected chi connectivity index (χ2v) is 7.73. The van der Waals surface area contributed by atoms with Gasteiger partial charge in [-0.25, -0.2) is 4.79 Å². The highest BCUT2D eigenvalue weighted by Crippen LogP contribution is 2.30. The number of fused-ring (bicyclic) bond motifs is 1. The number of rotatable bonds is 3. The van der Waals surface area contributed by atoms with E-state index >= 15 is 0 Å². The number of piperidine rings is 1. The van der Waals surface area contributed by atoms with Gasteiger partial charge in [0.2, 0.25) is 5.91 Å². The third-order valence-corrected chi connectivity index (χ3v) is 5.79. The summed E-state index contributed by atoms with van der Waals surface area (Å²) < 4.78 is 0. The Bertz CT molecular complexity index is 837. The average molecular weight is 377 g/mol. The van der Waals surface area contributed by atoms with E-state index in [1.54, 1.807) is 4.90 Å². The summed E-state index contributed by atoms with van der Waals surface area (Å²) in [7, 11) is 0. The Morgan fingerprint density at radius 2 is 1.71 bits per heavy atom. The molecule has 28 heavy (non-hydrogen) atoms. The molecule has 0 aromatic heterocycles. The predicted octanol–water partition coefficient (Wildman–Crippen LogP) is 4.12. The number of nitrogens with zero attached hydrogens (tertiary/aromatic N) is 1. The molecule has 5 heteroatoms. The lowest BCUT2D eigenvalue weighted by Crippen LogP contribution is -2.47. The minimum atomic E-state index is -0.149. The summed E-state index contributed by atoms with van der Waals surface area (Å²) in [5.41, 5.74) is 3.36. The van der Waals surface area contributed by atoms with Gasteiger partial charge in [-0.1, -0.05) is 42.5 Å². The fourth-order valence-electron chi connectivity index (χ4n) is 4.29. The first-order valence-electron chi connectivity index (χ1n) is 10.2. The number of carbonyl (C=O) groups is 2. The highest BCUT2D eigenvalue weighted by Gasteiger charge is 2.30. The van der Waals surface area contributed by atoms with Crippen molar-refractivity contribution in [3.63, 3.8) is 0 Å². The first kappa shape index (κ1) is 18.5. The van der Waals surface area contributed by atoms with E-state index in [2.05, 4.69) is 28.8 Å². The van der Waals surface area contributed by atoms with Gasteiger partial charge in [0.15, 0.2) is 0 Å². The molecule has 2 aliphatic rings. The SMILES string of the molecule is O=C(N[C@H]1CCCc2ccccc21)[C@@H]1CCCN(C(=O)Nc2ccccc2)C1. The van der Waals surface area contributed by atoms with Crippen LogP contribution in [0.3, 0.4) is 0 Å². The monoisotopic (exact) mass is 377 g/mol. The smallest absolute Gasteiger partial charge is 0.321 e. The Hall–Kier alpha value is -2.82. The van der Waals surface area contributed by atoms with Gasteiger partial charge in [0.05, 0.1) is 12.0 Å². The van der Waals surface area contributed by atoms with Gasteiger partial charge in [0.1, 0.15) is 0 Å². The lowest BCUT2D eigenvalue weighted by atomic mass is 9.87. The fraction of sp³-hybridized carbons (Fsp3) is 0.391. The largest absolute Gasteiger partial charge is 0.349 e. The molecule has 4 rings (SSSR count). The molecule has 2 aromatic carbocycles. The van der Waals surface area contributed by atoms with Crippen molar-refractivity contribution in [1.82, 2.24) is 10.2 Å². The maximum absolute atomic E-state index is 12.9.